The summed E-state index contributed by atoms with van der Waals surface area (Å²) < 4.78 is 29.9. The maximum Gasteiger partial charge on any atom is 0.257 e. The van der Waals surface area contributed by atoms with Gasteiger partial charge in [-0.15, -0.1) is 0 Å². The minimum Gasteiger partial charge on any atom is -0.354 e. The molecule has 3 rings (SSSR count). The molecular weight excluding hydrogens is 344 g/mol. The number of hydrogen-bond donors (Lipinski definition) is 1. The number of carbonyl (C=O) groups excluding carboxylic acids is 1. The molecule has 25 heavy (non-hydrogen) atoms. The number of sulfonamides is 1. The highest BCUT2D eigenvalue weighted by atomic mass is 32.2. The SMILES string of the molecule is CS(=O)(=O)N1CCC[C@H]1C(=O)NCCc1noc(-c2ccccc2)n1. The summed E-state index contributed by atoms with van der Waals surface area (Å²) in [7, 11) is -3.37. The maximum atomic E-state index is 12.2. The lowest BCUT2D eigenvalue weighted by Crippen LogP contribution is -2.45. The van der Waals surface area contributed by atoms with E-state index in [1.807, 2.05) is 30.3 Å². The van der Waals surface area contributed by atoms with Gasteiger partial charge in [-0.2, -0.15) is 9.29 Å². The van der Waals surface area contributed by atoms with Gasteiger partial charge in [0.05, 0.1) is 6.26 Å². The fourth-order valence-corrected chi connectivity index (χ4v) is 3.99. The van der Waals surface area contributed by atoms with Gasteiger partial charge in [0.2, 0.25) is 15.9 Å². The van der Waals surface area contributed by atoms with Crippen LogP contribution in [0.3, 0.4) is 0 Å². The van der Waals surface area contributed by atoms with Gasteiger partial charge in [-0.25, -0.2) is 8.42 Å². The van der Waals surface area contributed by atoms with Crippen molar-refractivity contribution in [1.29, 1.82) is 0 Å². The number of rotatable bonds is 6. The second-order valence-electron chi connectivity index (χ2n) is 5.95. The Labute approximate surface area is 146 Å². The van der Waals surface area contributed by atoms with Crippen LogP contribution in [0.25, 0.3) is 11.5 Å². The zero-order valence-corrected chi connectivity index (χ0v) is 14.7. The number of carbonyl (C=O) groups is 1. The van der Waals surface area contributed by atoms with Crippen LogP contribution < -0.4 is 5.32 Å². The number of aromatic nitrogens is 2. The first kappa shape index (κ1) is 17.6. The molecule has 1 aliphatic heterocycles. The molecule has 0 spiro atoms. The van der Waals surface area contributed by atoms with Crippen molar-refractivity contribution in [3.8, 4) is 11.5 Å². The Balaban J connectivity index is 1.53. The van der Waals surface area contributed by atoms with E-state index >= 15 is 0 Å². The smallest absolute Gasteiger partial charge is 0.257 e. The van der Waals surface area contributed by atoms with Crippen molar-refractivity contribution in [3.05, 3.63) is 36.2 Å². The number of benzene rings is 1. The van der Waals surface area contributed by atoms with Gasteiger partial charge in [-0.05, 0) is 25.0 Å². The van der Waals surface area contributed by atoms with Crippen LogP contribution in [0.1, 0.15) is 18.7 Å². The van der Waals surface area contributed by atoms with Crippen molar-refractivity contribution >= 4 is 15.9 Å². The summed E-state index contributed by atoms with van der Waals surface area (Å²) in [6.07, 6.45) is 2.77. The third-order valence-corrected chi connectivity index (χ3v) is 5.36. The van der Waals surface area contributed by atoms with Gasteiger partial charge >= 0.3 is 0 Å². The second-order valence-corrected chi connectivity index (χ2v) is 7.89. The molecule has 0 saturated carbocycles. The summed E-state index contributed by atoms with van der Waals surface area (Å²) in [5, 5.41) is 6.65. The van der Waals surface area contributed by atoms with E-state index in [1.54, 1.807) is 0 Å². The molecule has 0 aliphatic carbocycles. The standard InChI is InChI=1S/C16H20N4O4S/c1-25(22,23)20-11-5-8-13(20)15(21)17-10-9-14-18-16(24-19-14)12-6-3-2-4-7-12/h2-4,6-7,13H,5,8-11H2,1H3,(H,17,21)/t13-/m0/s1. The van der Waals surface area contributed by atoms with Crippen molar-refractivity contribution in [2.45, 2.75) is 25.3 Å². The average molecular weight is 364 g/mol. The van der Waals surface area contributed by atoms with Gasteiger partial charge in [0.15, 0.2) is 5.82 Å². The first-order chi connectivity index (χ1) is 11.9. The van der Waals surface area contributed by atoms with Gasteiger partial charge in [0, 0.05) is 25.1 Å². The van der Waals surface area contributed by atoms with Gasteiger partial charge < -0.3 is 9.84 Å². The van der Waals surface area contributed by atoms with Crippen molar-refractivity contribution < 1.29 is 17.7 Å². The second kappa shape index (κ2) is 7.32. The number of nitrogens with zero attached hydrogens (tertiary/aromatic N) is 3. The van der Waals surface area contributed by atoms with Crippen LogP contribution >= 0.6 is 0 Å². The van der Waals surface area contributed by atoms with Crippen molar-refractivity contribution in [2.24, 2.45) is 0 Å². The molecule has 2 heterocycles. The first-order valence-electron chi connectivity index (χ1n) is 8.07. The minimum absolute atomic E-state index is 0.283. The lowest BCUT2D eigenvalue weighted by molar-refractivity contribution is -0.124. The molecule has 134 valence electrons. The molecule has 0 unspecified atom stereocenters. The summed E-state index contributed by atoms with van der Waals surface area (Å²) in [5.41, 5.74) is 0.833. The van der Waals surface area contributed by atoms with Crippen LogP contribution in [0.4, 0.5) is 0 Å². The average Bonchev–Trinajstić information content (AvgIpc) is 3.24. The summed E-state index contributed by atoms with van der Waals surface area (Å²) in [5.74, 6) is 0.640. The van der Waals surface area contributed by atoms with E-state index in [-0.39, 0.29) is 5.91 Å². The van der Waals surface area contributed by atoms with Crippen LogP contribution in [0.15, 0.2) is 34.9 Å². The van der Waals surface area contributed by atoms with E-state index in [0.29, 0.717) is 44.1 Å². The fourth-order valence-electron chi connectivity index (χ4n) is 2.87. The van der Waals surface area contributed by atoms with Gasteiger partial charge in [-0.3, -0.25) is 4.79 Å². The van der Waals surface area contributed by atoms with E-state index in [2.05, 4.69) is 15.5 Å². The van der Waals surface area contributed by atoms with Crippen LogP contribution in [0.5, 0.6) is 0 Å². The summed E-state index contributed by atoms with van der Waals surface area (Å²) in [4.78, 5) is 16.5. The van der Waals surface area contributed by atoms with Crippen molar-refractivity contribution in [3.63, 3.8) is 0 Å². The fraction of sp³-hybridized carbons (Fsp3) is 0.438. The molecule has 1 aromatic heterocycles. The minimum atomic E-state index is -3.37. The molecular formula is C16H20N4O4S. The Morgan fingerprint density at radius 3 is 2.84 bits per heavy atom. The van der Waals surface area contributed by atoms with E-state index < -0.39 is 16.1 Å². The third kappa shape index (κ3) is 4.23. The first-order valence-corrected chi connectivity index (χ1v) is 9.92. The van der Waals surface area contributed by atoms with Gasteiger partial charge in [-0.1, -0.05) is 23.4 Å². The Kier molecular flexibility index (Phi) is 5.14. The zero-order valence-electron chi connectivity index (χ0n) is 13.9. The highest BCUT2D eigenvalue weighted by molar-refractivity contribution is 7.88. The molecule has 1 atom stereocenters. The molecule has 1 saturated heterocycles. The van der Waals surface area contributed by atoms with E-state index in [4.69, 9.17) is 4.52 Å². The Morgan fingerprint density at radius 2 is 2.12 bits per heavy atom. The summed E-state index contributed by atoms with van der Waals surface area (Å²) in [6.45, 7) is 0.711. The Morgan fingerprint density at radius 1 is 1.36 bits per heavy atom. The highest BCUT2D eigenvalue weighted by Crippen LogP contribution is 2.20. The molecule has 1 aromatic carbocycles. The molecule has 1 N–H and O–H groups in total. The molecule has 9 heteroatoms. The molecule has 1 aliphatic rings. The predicted molar refractivity (Wildman–Crippen MR) is 91.0 cm³/mol. The quantitative estimate of drug-likeness (QED) is 0.813. The summed E-state index contributed by atoms with van der Waals surface area (Å²) >= 11 is 0. The topological polar surface area (TPSA) is 105 Å². The molecule has 0 bridgehead atoms. The van der Waals surface area contributed by atoms with Crippen LogP contribution in [0.2, 0.25) is 0 Å². The normalized spacial score (nSPS) is 18.4. The maximum absolute atomic E-state index is 12.2. The van der Waals surface area contributed by atoms with Crippen LogP contribution in [0, 0.1) is 0 Å². The number of nitrogens with one attached hydrogen (secondary N) is 1. The number of amides is 1. The number of hydrogen-bond acceptors (Lipinski definition) is 6. The lowest BCUT2D eigenvalue weighted by atomic mass is 10.2. The van der Waals surface area contributed by atoms with Crippen molar-refractivity contribution in [2.75, 3.05) is 19.3 Å². The molecule has 0 radical (unpaired) electrons. The third-order valence-electron chi connectivity index (χ3n) is 4.07. The van der Waals surface area contributed by atoms with Crippen molar-refractivity contribution in [1.82, 2.24) is 19.8 Å². The zero-order chi connectivity index (χ0) is 17.9. The van der Waals surface area contributed by atoms with Gasteiger partial charge in [0.1, 0.15) is 6.04 Å². The monoisotopic (exact) mass is 364 g/mol. The van der Waals surface area contributed by atoms with E-state index in [0.717, 1.165) is 11.8 Å². The molecule has 8 nitrogen and oxygen atoms in total. The van der Waals surface area contributed by atoms with Crippen LogP contribution in [-0.4, -0.2) is 54.2 Å². The van der Waals surface area contributed by atoms with Gasteiger partial charge in [0.25, 0.3) is 5.89 Å². The largest absolute Gasteiger partial charge is 0.354 e. The van der Waals surface area contributed by atoms with Crippen LogP contribution in [-0.2, 0) is 21.2 Å². The molecule has 1 fully saturated rings. The molecule has 2 aromatic rings. The summed E-state index contributed by atoms with van der Waals surface area (Å²) in [6, 6.07) is 8.79. The lowest BCUT2D eigenvalue weighted by Gasteiger charge is -2.21. The van der Waals surface area contributed by atoms with E-state index in [1.165, 1.54) is 4.31 Å². The Bertz CT molecular complexity index is 835. The van der Waals surface area contributed by atoms with E-state index in [9.17, 15) is 13.2 Å². The molecule has 1 amide bonds. The Hall–Kier alpha value is -2.26. The highest BCUT2D eigenvalue weighted by Gasteiger charge is 2.36. The predicted octanol–water partition coefficient (Wildman–Crippen LogP) is 0.819.